The Kier molecular flexibility index (Phi) is 6.29. The van der Waals surface area contributed by atoms with Crippen LogP contribution < -0.4 is 5.32 Å². The lowest BCUT2D eigenvalue weighted by Gasteiger charge is -2.18. The van der Waals surface area contributed by atoms with Gasteiger partial charge in [0, 0.05) is 23.9 Å². The van der Waals surface area contributed by atoms with Crippen molar-refractivity contribution in [3.8, 4) is 16.9 Å². The fourth-order valence-electron chi connectivity index (χ4n) is 3.57. The molecule has 0 saturated carbocycles. The van der Waals surface area contributed by atoms with E-state index in [-0.39, 0.29) is 18.5 Å². The van der Waals surface area contributed by atoms with E-state index in [4.69, 9.17) is 9.52 Å². The van der Waals surface area contributed by atoms with Crippen LogP contribution in [-0.2, 0) is 11.3 Å². The first-order valence-electron chi connectivity index (χ1n) is 10.3. The molecule has 1 atom stereocenters. The Bertz CT molecular complexity index is 1110. The average molecular weight is 415 g/mol. The lowest BCUT2D eigenvalue weighted by atomic mass is 10.1. The second kappa shape index (κ2) is 9.45. The Morgan fingerprint density at radius 2 is 1.77 bits per heavy atom. The molecule has 0 spiro atoms. The van der Waals surface area contributed by atoms with Gasteiger partial charge in [-0.25, -0.2) is 4.68 Å². The van der Waals surface area contributed by atoms with Crippen LogP contribution in [0.1, 0.15) is 24.3 Å². The molecule has 2 heterocycles. The summed E-state index contributed by atoms with van der Waals surface area (Å²) in [6, 6.07) is 23.7. The van der Waals surface area contributed by atoms with Gasteiger partial charge in [0.2, 0.25) is 5.91 Å². The molecule has 6 nitrogen and oxygen atoms in total. The van der Waals surface area contributed by atoms with Crippen molar-refractivity contribution in [2.75, 3.05) is 13.6 Å². The molecule has 6 heteroatoms. The number of rotatable bonds is 8. The zero-order chi connectivity index (χ0) is 21.6. The number of nitrogens with one attached hydrogen (secondary N) is 1. The highest BCUT2D eigenvalue weighted by Crippen LogP contribution is 2.24. The smallest absolute Gasteiger partial charge is 0.234 e. The number of nitrogens with zero attached hydrogens (tertiary/aromatic N) is 3. The number of carbonyl (C=O) groups excluding carboxylic acids is 1. The lowest BCUT2D eigenvalue weighted by molar-refractivity contribution is -0.122. The normalized spacial score (nSPS) is 12.1. The van der Waals surface area contributed by atoms with Gasteiger partial charge in [-0.3, -0.25) is 9.69 Å². The minimum absolute atomic E-state index is 0.0527. The summed E-state index contributed by atoms with van der Waals surface area (Å²) in [5.41, 5.74) is 4.03. The number of para-hydroxylation sites is 1. The predicted molar refractivity (Wildman–Crippen MR) is 121 cm³/mol. The molecule has 1 amide bonds. The van der Waals surface area contributed by atoms with Crippen molar-refractivity contribution in [3.63, 3.8) is 0 Å². The third-order valence-corrected chi connectivity index (χ3v) is 5.06. The molecule has 0 saturated heterocycles. The second-order valence-electron chi connectivity index (χ2n) is 7.63. The minimum atomic E-state index is -0.170. The van der Waals surface area contributed by atoms with Crippen LogP contribution >= 0.6 is 0 Å². The van der Waals surface area contributed by atoms with Gasteiger partial charge < -0.3 is 9.73 Å². The number of hydrogen-bond donors (Lipinski definition) is 1. The van der Waals surface area contributed by atoms with E-state index in [0.717, 1.165) is 28.3 Å². The van der Waals surface area contributed by atoms with E-state index >= 15 is 0 Å². The minimum Gasteiger partial charge on any atom is -0.467 e. The third-order valence-electron chi connectivity index (χ3n) is 5.06. The standard InChI is InChI=1S/C25H26N4O2/c1-19(23-14-9-15-31-23)26-24(30)18-28(2)16-21-17-29(22-12-7-4-8-13-22)27-25(21)20-10-5-3-6-11-20/h3-15,17,19H,16,18H2,1-2H3,(H,26,30)/t19-/m1/s1. The van der Waals surface area contributed by atoms with Crippen molar-refractivity contribution in [2.24, 2.45) is 0 Å². The van der Waals surface area contributed by atoms with Gasteiger partial charge in [0.05, 0.1) is 30.2 Å². The number of amides is 1. The molecule has 1 N–H and O–H groups in total. The Labute approximate surface area is 182 Å². The maximum Gasteiger partial charge on any atom is 0.234 e. The molecule has 0 fully saturated rings. The van der Waals surface area contributed by atoms with Gasteiger partial charge in [0.1, 0.15) is 5.76 Å². The number of aromatic nitrogens is 2. The summed E-state index contributed by atoms with van der Waals surface area (Å²) < 4.78 is 7.26. The van der Waals surface area contributed by atoms with Crippen LogP contribution in [0.4, 0.5) is 0 Å². The molecule has 4 rings (SSSR count). The summed E-state index contributed by atoms with van der Waals surface area (Å²) in [4.78, 5) is 14.5. The zero-order valence-electron chi connectivity index (χ0n) is 17.7. The van der Waals surface area contributed by atoms with Crippen molar-refractivity contribution in [2.45, 2.75) is 19.5 Å². The Balaban J connectivity index is 1.50. The van der Waals surface area contributed by atoms with E-state index in [0.29, 0.717) is 6.54 Å². The van der Waals surface area contributed by atoms with Crippen molar-refractivity contribution >= 4 is 5.91 Å². The molecule has 4 aromatic rings. The fraction of sp³-hybridized carbons (Fsp3) is 0.200. The molecule has 0 aliphatic heterocycles. The van der Waals surface area contributed by atoms with Gasteiger partial charge in [-0.2, -0.15) is 5.10 Å². The molecule has 158 valence electrons. The topological polar surface area (TPSA) is 63.3 Å². The van der Waals surface area contributed by atoms with Crippen LogP contribution in [0, 0.1) is 0 Å². The second-order valence-corrected chi connectivity index (χ2v) is 7.63. The van der Waals surface area contributed by atoms with Crippen LogP contribution in [0.2, 0.25) is 0 Å². The molecule has 0 radical (unpaired) electrons. The monoisotopic (exact) mass is 414 g/mol. The summed E-state index contributed by atoms with van der Waals surface area (Å²) in [7, 11) is 1.94. The van der Waals surface area contributed by atoms with E-state index < -0.39 is 0 Å². The van der Waals surface area contributed by atoms with Crippen LogP contribution in [0.3, 0.4) is 0 Å². The highest BCUT2D eigenvalue weighted by Gasteiger charge is 2.17. The third kappa shape index (κ3) is 5.10. The van der Waals surface area contributed by atoms with E-state index in [2.05, 4.69) is 17.4 Å². The van der Waals surface area contributed by atoms with Gasteiger partial charge in [0.25, 0.3) is 0 Å². The van der Waals surface area contributed by atoms with Crippen molar-refractivity contribution in [1.29, 1.82) is 0 Å². The number of carbonyl (C=O) groups is 1. The first-order chi connectivity index (χ1) is 15.1. The van der Waals surface area contributed by atoms with Crippen LogP contribution in [0.15, 0.2) is 89.7 Å². The fourth-order valence-corrected chi connectivity index (χ4v) is 3.57. The van der Waals surface area contributed by atoms with Gasteiger partial charge in [0.15, 0.2) is 0 Å². The first-order valence-corrected chi connectivity index (χ1v) is 10.3. The SMILES string of the molecule is C[C@@H](NC(=O)CN(C)Cc1cn(-c2ccccc2)nc1-c1ccccc1)c1ccco1. The van der Waals surface area contributed by atoms with Crippen molar-refractivity contribution in [1.82, 2.24) is 20.0 Å². The highest BCUT2D eigenvalue weighted by molar-refractivity contribution is 5.78. The molecule has 0 bridgehead atoms. The summed E-state index contributed by atoms with van der Waals surface area (Å²) in [5, 5.41) is 7.82. The van der Waals surface area contributed by atoms with Crippen LogP contribution in [0.5, 0.6) is 0 Å². The van der Waals surface area contributed by atoms with E-state index in [1.165, 1.54) is 0 Å². The number of likely N-dealkylation sites (N-methyl/N-ethyl adjacent to an activating group) is 1. The van der Waals surface area contributed by atoms with E-state index in [1.807, 2.05) is 90.4 Å². The van der Waals surface area contributed by atoms with E-state index in [1.54, 1.807) is 6.26 Å². The largest absolute Gasteiger partial charge is 0.467 e. The number of hydrogen-bond acceptors (Lipinski definition) is 4. The van der Waals surface area contributed by atoms with Crippen molar-refractivity contribution < 1.29 is 9.21 Å². The van der Waals surface area contributed by atoms with Crippen LogP contribution in [-0.4, -0.2) is 34.2 Å². The summed E-state index contributed by atoms with van der Waals surface area (Å²) in [6.07, 6.45) is 3.65. The van der Waals surface area contributed by atoms with E-state index in [9.17, 15) is 4.79 Å². The quantitative estimate of drug-likeness (QED) is 0.463. The number of furan rings is 1. The molecule has 0 unspecified atom stereocenters. The molecule has 31 heavy (non-hydrogen) atoms. The summed E-state index contributed by atoms with van der Waals surface area (Å²) in [5.74, 6) is 0.689. The molecular weight excluding hydrogens is 388 g/mol. The lowest BCUT2D eigenvalue weighted by Crippen LogP contribution is -2.36. The maximum atomic E-state index is 12.5. The summed E-state index contributed by atoms with van der Waals surface area (Å²) in [6.45, 7) is 2.78. The van der Waals surface area contributed by atoms with Crippen molar-refractivity contribution in [3.05, 3.63) is 96.6 Å². The Hall–Kier alpha value is -3.64. The van der Waals surface area contributed by atoms with Crippen LogP contribution in [0.25, 0.3) is 16.9 Å². The predicted octanol–water partition coefficient (Wildman–Crippen LogP) is 4.44. The zero-order valence-corrected chi connectivity index (χ0v) is 17.7. The Morgan fingerprint density at radius 1 is 1.06 bits per heavy atom. The molecule has 2 aromatic carbocycles. The van der Waals surface area contributed by atoms with Gasteiger partial charge in [-0.1, -0.05) is 48.5 Å². The van der Waals surface area contributed by atoms with Gasteiger partial charge in [-0.15, -0.1) is 0 Å². The van der Waals surface area contributed by atoms with Gasteiger partial charge >= 0.3 is 0 Å². The maximum absolute atomic E-state index is 12.5. The molecule has 0 aliphatic carbocycles. The molecule has 0 aliphatic rings. The van der Waals surface area contributed by atoms with Gasteiger partial charge in [-0.05, 0) is 38.2 Å². The molecule has 2 aromatic heterocycles. The molecular formula is C25H26N4O2. The summed E-state index contributed by atoms with van der Waals surface area (Å²) >= 11 is 0. The average Bonchev–Trinajstić information content (AvgIpc) is 3.45. The highest BCUT2D eigenvalue weighted by atomic mass is 16.3. The Morgan fingerprint density at radius 3 is 2.45 bits per heavy atom. The first kappa shape index (κ1) is 20.6. The number of benzene rings is 2.